The Hall–Kier alpha value is -0.870. The molecule has 0 aliphatic carbocycles. The van der Waals surface area contributed by atoms with E-state index in [2.05, 4.69) is 43.2 Å². The van der Waals surface area contributed by atoms with E-state index in [1.54, 1.807) is 11.3 Å². The van der Waals surface area contributed by atoms with Crippen molar-refractivity contribution < 1.29 is 0 Å². The van der Waals surface area contributed by atoms with Gasteiger partial charge in [-0.1, -0.05) is 13.0 Å². The molecule has 0 amide bonds. The first-order valence-corrected chi connectivity index (χ1v) is 6.56. The number of nitrogens with zero attached hydrogens (tertiary/aromatic N) is 1. The van der Waals surface area contributed by atoms with Crippen molar-refractivity contribution in [3.05, 3.63) is 22.4 Å². The minimum absolute atomic E-state index is 0.0575. The second-order valence-corrected chi connectivity index (χ2v) is 5.26. The summed E-state index contributed by atoms with van der Waals surface area (Å²) < 4.78 is 0. The smallest absolute Gasteiger partial charge is 0.108 e. The molecule has 1 unspecified atom stereocenters. The van der Waals surface area contributed by atoms with Crippen LogP contribution in [0.2, 0.25) is 0 Å². The number of hydrogen-bond donors (Lipinski definition) is 2. The Morgan fingerprint density at radius 1 is 1.56 bits per heavy atom. The van der Waals surface area contributed by atoms with Crippen LogP contribution in [0.5, 0.6) is 0 Å². The molecular weight excluding hydrogens is 218 g/mol. The van der Waals surface area contributed by atoms with Gasteiger partial charge in [0.1, 0.15) is 5.84 Å². The molecule has 90 valence electrons. The zero-order valence-electron chi connectivity index (χ0n) is 10.2. The van der Waals surface area contributed by atoms with Crippen molar-refractivity contribution in [3.8, 4) is 0 Å². The molecule has 0 radical (unpaired) electrons. The Bertz CT molecular complexity index is 319. The lowest BCUT2D eigenvalue weighted by atomic mass is 10.1. The Balaban J connectivity index is 2.77. The number of rotatable bonds is 6. The first-order chi connectivity index (χ1) is 7.56. The summed E-state index contributed by atoms with van der Waals surface area (Å²) in [5.74, 6) is 0.271. The molecule has 1 atom stereocenters. The zero-order chi connectivity index (χ0) is 12.1. The van der Waals surface area contributed by atoms with E-state index in [9.17, 15) is 0 Å². The maximum Gasteiger partial charge on any atom is 0.108 e. The molecule has 0 aliphatic rings. The molecule has 16 heavy (non-hydrogen) atoms. The van der Waals surface area contributed by atoms with Gasteiger partial charge in [0.15, 0.2) is 0 Å². The maximum atomic E-state index is 7.64. The third-order valence-electron chi connectivity index (χ3n) is 2.73. The van der Waals surface area contributed by atoms with Crippen molar-refractivity contribution in [2.45, 2.75) is 45.8 Å². The highest BCUT2D eigenvalue weighted by Gasteiger charge is 2.22. The molecule has 1 aromatic heterocycles. The van der Waals surface area contributed by atoms with Crippen molar-refractivity contribution in [2.75, 3.05) is 0 Å². The first kappa shape index (κ1) is 13.2. The minimum Gasteiger partial charge on any atom is -0.386 e. The number of nitrogens with one attached hydrogen (secondary N) is 1. The van der Waals surface area contributed by atoms with Crippen molar-refractivity contribution >= 4 is 17.2 Å². The molecule has 1 aromatic rings. The molecule has 0 aliphatic heterocycles. The van der Waals surface area contributed by atoms with E-state index in [1.165, 1.54) is 4.88 Å². The first-order valence-electron chi connectivity index (χ1n) is 5.68. The highest BCUT2D eigenvalue weighted by molar-refractivity contribution is 7.09. The molecule has 0 fully saturated rings. The summed E-state index contributed by atoms with van der Waals surface area (Å²) in [6.45, 7) is 7.27. The van der Waals surface area contributed by atoms with Crippen molar-refractivity contribution in [1.82, 2.24) is 4.90 Å². The fourth-order valence-corrected chi connectivity index (χ4v) is 2.58. The molecule has 3 N–H and O–H groups in total. The normalized spacial score (nSPS) is 13.3. The van der Waals surface area contributed by atoms with Crippen LogP contribution in [0.25, 0.3) is 0 Å². The standard InChI is InChI=1S/C12H21N3S/c1-4-11(12(13)14)15(9(2)3)8-10-6-5-7-16-10/h5-7,9,11H,4,8H2,1-3H3,(H3,13,14). The summed E-state index contributed by atoms with van der Waals surface area (Å²) >= 11 is 1.76. The largest absolute Gasteiger partial charge is 0.386 e. The van der Waals surface area contributed by atoms with Crippen LogP contribution in [-0.2, 0) is 6.54 Å². The molecule has 0 spiro atoms. The number of amidine groups is 1. The lowest BCUT2D eigenvalue weighted by molar-refractivity contribution is 0.180. The average molecular weight is 239 g/mol. The highest BCUT2D eigenvalue weighted by atomic mass is 32.1. The van der Waals surface area contributed by atoms with Crippen LogP contribution < -0.4 is 5.73 Å². The van der Waals surface area contributed by atoms with E-state index < -0.39 is 0 Å². The van der Waals surface area contributed by atoms with Gasteiger partial charge in [0.05, 0.1) is 6.04 Å². The van der Waals surface area contributed by atoms with Crippen molar-refractivity contribution in [2.24, 2.45) is 5.73 Å². The third kappa shape index (κ3) is 3.32. The molecule has 3 nitrogen and oxygen atoms in total. The van der Waals surface area contributed by atoms with E-state index in [0.29, 0.717) is 6.04 Å². The molecule has 0 bridgehead atoms. The van der Waals surface area contributed by atoms with Crippen LogP contribution in [0.15, 0.2) is 17.5 Å². The summed E-state index contributed by atoms with van der Waals surface area (Å²) in [6, 6.07) is 4.65. The molecule has 0 aromatic carbocycles. The van der Waals surface area contributed by atoms with Crippen LogP contribution in [0.4, 0.5) is 0 Å². The van der Waals surface area contributed by atoms with Gasteiger partial charge in [-0.2, -0.15) is 0 Å². The van der Waals surface area contributed by atoms with Gasteiger partial charge in [0, 0.05) is 17.5 Å². The zero-order valence-corrected chi connectivity index (χ0v) is 11.1. The Labute approximate surface area is 102 Å². The van der Waals surface area contributed by atoms with Crippen molar-refractivity contribution in [3.63, 3.8) is 0 Å². The van der Waals surface area contributed by atoms with Gasteiger partial charge in [-0.3, -0.25) is 10.3 Å². The van der Waals surface area contributed by atoms with E-state index in [4.69, 9.17) is 11.1 Å². The summed E-state index contributed by atoms with van der Waals surface area (Å²) in [4.78, 5) is 3.61. The molecule has 1 heterocycles. The second-order valence-electron chi connectivity index (χ2n) is 4.22. The maximum absolute atomic E-state index is 7.64. The monoisotopic (exact) mass is 239 g/mol. The second kappa shape index (κ2) is 6.01. The predicted molar refractivity (Wildman–Crippen MR) is 71.0 cm³/mol. The van der Waals surface area contributed by atoms with Gasteiger partial charge in [-0.05, 0) is 31.7 Å². The lowest BCUT2D eigenvalue weighted by Gasteiger charge is -2.33. The van der Waals surface area contributed by atoms with Crippen molar-refractivity contribution in [1.29, 1.82) is 5.41 Å². The van der Waals surface area contributed by atoms with E-state index in [1.807, 2.05) is 0 Å². The van der Waals surface area contributed by atoms with E-state index in [-0.39, 0.29) is 11.9 Å². The topological polar surface area (TPSA) is 53.1 Å². The number of nitrogens with two attached hydrogens (primary N) is 1. The van der Waals surface area contributed by atoms with Gasteiger partial charge >= 0.3 is 0 Å². The van der Waals surface area contributed by atoms with Crippen LogP contribution in [-0.4, -0.2) is 22.8 Å². The summed E-state index contributed by atoms with van der Waals surface area (Å²) in [5.41, 5.74) is 5.66. The predicted octanol–water partition coefficient (Wildman–Crippen LogP) is 2.67. The van der Waals surface area contributed by atoms with E-state index in [0.717, 1.165) is 13.0 Å². The molecule has 1 rings (SSSR count). The van der Waals surface area contributed by atoms with Gasteiger partial charge < -0.3 is 5.73 Å². The summed E-state index contributed by atoms with van der Waals surface area (Å²) in [5, 5.41) is 9.73. The quantitative estimate of drug-likeness (QED) is 0.592. The SMILES string of the molecule is CCC(C(=N)N)N(Cc1cccs1)C(C)C. The highest BCUT2D eigenvalue weighted by Crippen LogP contribution is 2.17. The molecule has 0 saturated heterocycles. The fourth-order valence-electron chi connectivity index (χ4n) is 1.87. The number of hydrogen-bond acceptors (Lipinski definition) is 3. The Kier molecular flexibility index (Phi) is 4.96. The molecular formula is C12H21N3S. The lowest BCUT2D eigenvalue weighted by Crippen LogP contribution is -2.46. The summed E-state index contributed by atoms with van der Waals surface area (Å²) in [6.07, 6.45) is 0.888. The van der Waals surface area contributed by atoms with Crippen LogP contribution in [0, 0.1) is 5.41 Å². The minimum atomic E-state index is 0.0575. The fraction of sp³-hybridized carbons (Fsp3) is 0.583. The Morgan fingerprint density at radius 3 is 2.62 bits per heavy atom. The van der Waals surface area contributed by atoms with Crippen LogP contribution in [0.3, 0.4) is 0 Å². The van der Waals surface area contributed by atoms with Gasteiger partial charge in [0.2, 0.25) is 0 Å². The van der Waals surface area contributed by atoms with E-state index >= 15 is 0 Å². The van der Waals surface area contributed by atoms with Gasteiger partial charge in [-0.25, -0.2) is 0 Å². The van der Waals surface area contributed by atoms with Gasteiger partial charge in [-0.15, -0.1) is 11.3 Å². The third-order valence-corrected chi connectivity index (χ3v) is 3.59. The van der Waals surface area contributed by atoms with Gasteiger partial charge in [0.25, 0.3) is 0 Å². The number of thiophene rings is 1. The van der Waals surface area contributed by atoms with Crippen LogP contribution >= 0.6 is 11.3 Å². The Morgan fingerprint density at radius 2 is 2.25 bits per heavy atom. The molecule has 4 heteroatoms. The van der Waals surface area contributed by atoms with Crippen LogP contribution in [0.1, 0.15) is 32.1 Å². The molecule has 0 saturated carbocycles. The summed E-state index contributed by atoms with van der Waals surface area (Å²) in [7, 11) is 0. The average Bonchev–Trinajstić information content (AvgIpc) is 2.69.